The number of benzene rings is 10. The molecule has 2 heterocycles. The lowest BCUT2D eigenvalue weighted by atomic mass is 9.82. The van der Waals surface area contributed by atoms with Crippen LogP contribution in [0.3, 0.4) is 0 Å². The van der Waals surface area contributed by atoms with Crippen molar-refractivity contribution in [2.75, 3.05) is 0 Å². The molecule has 0 unspecified atom stereocenters. The molecule has 0 aromatic heterocycles. The van der Waals surface area contributed by atoms with Crippen LogP contribution in [0.4, 0.5) is 0 Å². The highest BCUT2D eigenvalue weighted by Gasteiger charge is 2.25. The number of hydrogen-bond donors (Lipinski definition) is 0. The Kier molecular flexibility index (Phi) is 5.40. The van der Waals surface area contributed by atoms with E-state index in [-0.39, 0.29) is 0 Å². The highest BCUT2D eigenvalue weighted by Crippen LogP contribution is 2.52. The minimum Gasteiger partial charge on any atom is -0.456 e. The van der Waals surface area contributed by atoms with E-state index in [2.05, 4.69) is 147 Å². The Morgan fingerprint density at radius 1 is 0.269 bits per heavy atom. The van der Waals surface area contributed by atoms with Crippen LogP contribution in [-0.4, -0.2) is 0 Å². The molecule has 2 nitrogen and oxygen atoms in total. The van der Waals surface area contributed by atoms with Crippen molar-refractivity contribution in [1.29, 1.82) is 0 Å². The number of hydrogen-bond acceptors (Lipinski definition) is 2. The van der Waals surface area contributed by atoms with Crippen molar-refractivity contribution in [3.63, 3.8) is 0 Å². The molecule has 0 amide bonds. The van der Waals surface area contributed by atoms with Gasteiger partial charge in [-0.05, 0) is 126 Å². The van der Waals surface area contributed by atoms with Gasteiger partial charge in [-0.15, -0.1) is 0 Å². The van der Waals surface area contributed by atoms with E-state index < -0.39 is 0 Å². The summed E-state index contributed by atoms with van der Waals surface area (Å²) in [6, 6.07) is 53.0. The molecule has 0 bridgehead atoms. The van der Waals surface area contributed by atoms with Crippen LogP contribution < -0.4 is 9.47 Å². The zero-order valence-corrected chi connectivity index (χ0v) is 28.7. The third-order valence-electron chi connectivity index (χ3n) is 11.7. The first-order chi connectivity index (χ1) is 25.6. The van der Waals surface area contributed by atoms with Crippen molar-refractivity contribution in [1.82, 2.24) is 0 Å². The van der Waals surface area contributed by atoms with Crippen LogP contribution in [-0.2, 0) is 0 Å². The molecule has 0 saturated carbocycles. The van der Waals surface area contributed by atoms with Crippen molar-refractivity contribution in [2.45, 2.75) is 13.8 Å². The summed E-state index contributed by atoms with van der Waals surface area (Å²) in [5.74, 6) is 3.65. The smallest absolute Gasteiger partial charge is 0.135 e. The Hall–Kier alpha value is -6.64. The standard InChI is InChI=1S/C50H30O2/c1-27-25-41(31-19-22-38-34-10-4-6-15-44(34)51-45-16-8-13-36(31)48(38)45)39-20-17-30-28(2)26-42(40-21-18-29(27)49(39)50(30)40)32-23-24-46-47-35(32)11-7-12-37(47)33-9-3-5-14-43(33)52-46/h3-26H,1-2H3. The van der Waals surface area contributed by atoms with Crippen LogP contribution in [0.25, 0.3) is 98.4 Å². The molecule has 0 saturated heterocycles. The average Bonchev–Trinajstić information content (AvgIpc) is 3.18. The molecule has 0 N–H and O–H groups in total. The van der Waals surface area contributed by atoms with Gasteiger partial charge in [-0.2, -0.15) is 0 Å². The number of para-hydroxylation sites is 2. The number of fused-ring (bicyclic) bond motifs is 4. The lowest BCUT2D eigenvalue weighted by molar-refractivity contribution is 0.487. The van der Waals surface area contributed by atoms with Crippen molar-refractivity contribution >= 4 is 53.9 Å². The van der Waals surface area contributed by atoms with Crippen LogP contribution in [0, 0.1) is 13.8 Å². The molecule has 52 heavy (non-hydrogen) atoms. The van der Waals surface area contributed by atoms with Gasteiger partial charge in [0.15, 0.2) is 0 Å². The van der Waals surface area contributed by atoms with E-state index in [1.807, 2.05) is 12.1 Å². The molecule has 0 radical (unpaired) electrons. The molecule has 2 heteroatoms. The quantitative estimate of drug-likeness (QED) is 0.172. The monoisotopic (exact) mass is 662 g/mol. The number of ether oxygens (including phenoxy) is 2. The van der Waals surface area contributed by atoms with Gasteiger partial charge < -0.3 is 9.47 Å². The Morgan fingerprint density at radius 2 is 0.673 bits per heavy atom. The van der Waals surface area contributed by atoms with Crippen molar-refractivity contribution in [3.05, 3.63) is 157 Å². The summed E-state index contributed by atoms with van der Waals surface area (Å²) in [6.07, 6.45) is 0. The highest BCUT2D eigenvalue weighted by atomic mass is 16.5. The van der Waals surface area contributed by atoms with Crippen LogP contribution in [0.1, 0.15) is 11.1 Å². The van der Waals surface area contributed by atoms with Crippen molar-refractivity contribution < 1.29 is 9.47 Å². The van der Waals surface area contributed by atoms with Gasteiger partial charge in [0, 0.05) is 21.9 Å². The van der Waals surface area contributed by atoms with Crippen molar-refractivity contribution in [3.8, 4) is 67.5 Å². The summed E-state index contributed by atoms with van der Waals surface area (Å²) < 4.78 is 13.0. The fourth-order valence-corrected chi connectivity index (χ4v) is 9.42. The average molecular weight is 663 g/mol. The molecular formula is C50H30O2. The van der Waals surface area contributed by atoms with E-state index in [0.717, 1.165) is 34.1 Å². The summed E-state index contributed by atoms with van der Waals surface area (Å²) in [6.45, 7) is 4.52. The van der Waals surface area contributed by atoms with Gasteiger partial charge in [0.05, 0.1) is 0 Å². The Bertz CT molecular complexity index is 3040. The van der Waals surface area contributed by atoms with Gasteiger partial charge in [0.2, 0.25) is 0 Å². The SMILES string of the molecule is Cc1cc(-c2ccc3c4c(cccc24)-c2ccccc2O3)c2ccc3c(C)cc(-c4ccc5c6c(cccc46)Oc4ccccc4-5)c4ccc1c2c34. The van der Waals surface area contributed by atoms with Gasteiger partial charge >= 0.3 is 0 Å². The first-order valence-corrected chi connectivity index (χ1v) is 18.0. The third kappa shape index (κ3) is 3.58. The lowest BCUT2D eigenvalue weighted by Gasteiger charge is -2.24. The van der Waals surface area contributed by atoms with Gasteiger partial charge in [-0.3, -0.25) is 0 Å². The fraction of sp³-hybridized carbons (Fsp3) is 0.0400. The first-order valence-electron chi connectivity index (χ1n) is 18.0. The molecule has 0 atom stereocenters. The Morgan fingerprint density at radius 3 is 1.27 bits per heavy atom. The maximum atomic E-state index is 6.48. The summed E-state index contributed by atoms with van der Waals surface area (Å²) in [4.78, 5) is 0. The minimum absolute atomic E-state index is 0.910. The van der Waals surface area contributed by atoms with Gasteiger partial charge in [-0.25, -0.2) is 0 Å². The Labute approximate surface area is 300 Å². The topological polar surface area (TPSA) is 18.5 Å². The molecule has 10 aromatic carbocycles. The zero-order valence-electron chi connectivity index (χ0n) is 28.7. The molecule has 0 fully saturated rings. The molecule has 12 rings (SSSR count). The van der Waals surface area contributed by atoms with Gasteiger partial charge in [-0.1, -0.05) is 121 Å². The minimum atomic E-state index is 0.910. The predicted molar refractivity (Wildman–Crippen MR) is 217 cm³/mol. The number of rotatable bonds is 2. The van der Waals surface area contributed by atoms with Gasteiger partial charge in [0.25, 0.3) is 0 Å². The molecule has 2 aliphatic rings. The van der Waals surface area contributed by atoms with E-state index in [0.29, 0.717) is 0 Å². The molecule has 0 spiro atoms. The largest absolute Gasteiger partial charge is 0.456 e. The summed E-state index contributed by atoms with van der Waals surface area (Å²) in [5.41, 5.74) is 12.2. The van der Waals surface area contributed by atoms with E-state index in [9.17, 15) is 0 Å². The predicted octanol–water partition coefficient (Wildman–Crippen LogP) is 14.4. The maximum Gasteiger partial charge on any atom is 0.135 e. The normalized spacial score (nSPS) is 12.7. The highest BCUT2D eigenvalue weighted by molar-refractivity contribution is 6.30. The lowest BCUT2D eigenvalue weighted by Crippen LogP contribution is -1.99. The molecule has 2 aliphatic heterocycles. The summed E-state index contributed by atoms with van der Waals surface area (Å²) in [7, 11) is 0. The zero-order chi connectivity index (χ0) is 34.2. The molecular weight excluding hydrogens is 633 g/mol. The maximum absolute atomic E-state index is 6.48. The molecule has 0 aliphatic carbocycles. The fourth-order valence-electron chi connectivity index (χ4n) is 9.42. The second-order valence-electron chi connectivity index (χ2n) is 14.4. The van der Waals surface area contributed by atoms with E-state index in [1.165, 1.54) is 98.4 Å². The molecule has 242 valence electrons. The third-order valence-corrected chi connectivity index (χ3v) is 11.7. The van der Waals surface area contributed by atoms with Crippen LogP contribution in [0.5, 0.6) is 23.0 Å². The van der Waals surface area contributed by atoms with Crippen LogP contribution >= 0.6 is 0 Å². The van der Waals surface area contributed by atoms with Crippen LogP contribution in [0.15, 0.2) is 146 Å². The Balaban J connectivity index is 1.14. The van der Waals surface area contributed by atoms with E-state index >= 15 is 0 Å². The second-order valence-corrected chi connectivity index (χ2v) is 14.4. The van der Waals surface area contributed by atoms with E-state index in [1.54, 1.807) is 0 Å². The molecule has 10 aromatic rings. The van der Waals surface area contributed by atoms with Crippen LogP contribution in [0.2, 0.25) is 0 Å². The summed E-state index contributed by atoms with van der Waals surface area (Å²) >= 11 is 0. The van der Waals surface area contributed by atoms with Crippen molar-refractivity contribution in [2.24, 2.45) is 0 Å². The van der Waals surface area contributed by atoms with Gasteiger partial charge in [0.1, 0.15) is 23.0 Å². The second kappa shape index (κ2) is 9.99. The first kappa shape index (κ1) is 28.1. The number of aryl methyl sites for hydroxylation is 2. The summed E-state index contributed by atoms with van der Waals surface area (Å²) in [5, 5.41) is 12.6. The van der Waals surface area contributed by atoms with E-state index in [4.69, 9.17) is 9.47 Å².